The lowest BCUT2D eigenvalue weighted by molar-refractivity contribution is 0.595. The third-order valence-corrected chi connectivity index (χ3v) is 1.92. The van der Waals surface area contributed by atoms with E-state index in [9.17, 15) is 0 Å². The fourth-order valence-corrected chi connectivity index (χ4v) is 0.807. The number of hydrogen-bond donors (Lipinski definition) is 3. The summed E-state index contributed by atoms with van der Waals surface area (Å²) < 4.78 is 0. The van der Waals surface area contributed by atoms with Crippen LogP contribution in [0.5, 0.6) is 0 Å². The molecule has 0 aromatic heterocycles. The van der Waals surface area contributed by atoms with E-state index in [4.69, 9.17) is 0 Å². The Bertz CT molecular complexity index is 68.6. The summed E-state index contributed by atoms with van der Waals surface area (Å²) in [6, 6.07) is 0. The van der Waals surface area contributed by atoms with E-state index in [0.717, 1.165) is 19.5 Å². The molecule has 0 fully saturated rings. The molecule has 0 amide bonds. The van der Waals surface area contributed by atoms with Gasteiger partial charge in [-0.15, -0.1) is 0 Å². The van der Waals surface area contributed by atoms with Crippen LogP contribution >= 0.6 is 12.6 Å². The standard InChI is InChI=1S/C7H18N2S/c1-3-7(10)9-6-4-5-8-2/h7-10H,3-6H2,1-2H3. The molecular weight excluding hydrogens is 144 g/mol. The molecular formula is C7H18N2S. The third-order valence-electron chi connectivity index (χ3n) is 1.37. The largest absolute Gasteiger partial charge is 0.320 e. The summed E-state index contributed by atoms with van der Waals surface area (Å²) in [7, 11) is 1.97. The minimum atomic E-state index is 0.372. The molecule has 0 aliphatic rings. The van der Waals surface area contributed by atoms with Gasteiger partial charge in [0.05, 0.1) is 0 Å². The summed E-state index contributed by atoms with van der Waals surface area (Å²) >= 11 is 4.30. The van der Waals surface area contributed by atoms with Gasteiger partial charge in [0.1, 0.15) is 0 Å². The average molecular weight is 162 g/mol. The molecule has 0 saturated heterocycles. The number of thiol groups is 1. The van der Waals surface area contributed by atoms with Gasteiger partial charge in [-0.05, 0) is 33.0 Å². The van der Waals surface area contributed by atoms with E-state index in [-0.39, 0.29) is 0 Å². The molecule has 62 valence electrons. The van der Waals surface area contributed by atoms with Crippen LogP contribution in [-0.4, -0.2) is 25.5 Å². The maximum Gasteiger partial charge on any atom is 0.0499 e. The van der Waals surface area contributed by atoms with Crippen LogP contribution in [-0.2, 0) is 0 Å². The molecule has 2 nitrogen and oxygen atoms in total. The van der Waals surface area contributed by atoms with Crippen molar-refractivity contribution in [1.82, 2.24) is 10.6 Å². The molecule has 2 N–H and O–H groups in total. The van der Waals surface area contributed by atoms with Crippen LogP contribution in [0.4, 0.5) is 0 Å². The van der Waals surface area contributed by atoms with Crippen LogP contribution in [0, 0.1) is 0 Å². The summed E-state index contributed by atoms with van der Waals surface area (Å²) in [5.74, 6) is 0. The van der Waals surface area contributed by atoms with E-state index in [1.807, 2.05) is 7.05 Å². The second-order valence-electron chi connectivity index (χ2n) is 2.34. The highest BCUT2D eigenvalue weighted by atomic mass is 32.1. The Labute approximate surface area is 69.2 Å². The summed E-state index contributed by atoms with van der Waals surface area (Å²) in [4.78, 5) is 0. The molecule has 0 saturated carbocycles. The molecule has 1 atom stereocenters. The van der Waals surface area contributed by atoms with Gasteiger partial charge < -0.3 is 10.6 Å². The predicted octanol–water partition coefficient (Wildman–Crippen LogP) is 0.851. The zero-order chi connectivity index (χ0) is 7.82. The zero-order valence-electron chi connectivity index (χ0n) is 6.85. The van der Waals surface area contributed by atoms with E-state index < -0.39 is 0 Å². The van der Waals surface area contributed by atoms with Crippen molar-refractivity contribution >= 4 is 12.6 Å². The maximum absolute atomic E-state index is 4.30. The normalized spacial score (nSPS) is 13.5. The van der Waals surface area contributed by atoms with Gasteiger partial charge in [-0.2, -0.15) is 12.6 Å². The molecule has 0 aliphatic heterocycles. The SMILES string of the molecule is CCC(S)NCCCNC. The Kier molecular flexibility index (Phi) is 7.58. The van der Waals surface area contributed by atoms with Crippen LogP contribution in [0.15, 0.2) is 0 Å². The number of rotatable bonds is 6. The Morgan fingerprint density at radius 1 is 1.40 bits per heavy atom. The Balaban J connectivity index is 2.89. The molecule has 0 aromatic rings. The van der Waals surface area contributed by atoms with Crippen molar-refractivity contribution in [2.24, 2.45) is 0 Å². The molecule has 0 aromatic carbocycles. The molecule has 0 heterocycles. The van der Waals surface area contributed by atoms with Crippen molar-refractivity contribution in [3.63, 3.8) is 0 Å². The minimum Gasteiger partial charge on any atom is -0.320 e. The quantitative estimate of drug-likeness (QED) is 0.306. The van der Waals surface area contributed by atoms with E-state index >= 15 is 0 Å². The first-order valence-electron chi connectivity index (χ1n) is 3.87. The topological polar surface area (TPSA) is 24.1 Å². The molecule has 10 heavy (non-hydrogen) atoms. The molecule has 0 spiro atoms. The molecule has 0 aliphatic carbocycles. The Morgan fingerprint density at radius 3 is 2.60 bits per heavy atom. The van der Waals surface area contributed by atoms with Crippen LogP contribution < -0.4 is 10.6 Å². The van der Waals surface area contributed by atoms with Crippen molar-refractivity contribution in [3.8, 4) is 0 Å². The van der Waals surface area contributed by atoms with E-state index in [0.29, 0.717) is 5.37 Å². The number of nitrogens with one attached hydrogen (secondary N) is 2. The van der Waals surface area contributed by atoms with Crippen molar-refractivity contribution in [2.45, 2.75) is 25.1 Å². The smallest absolute Gasteiger partial charge is 0.0499 e. The lowest BCUT2D eigenvalue weighted by Crippen LogP contribution is -2.26. The van der Waals surface area contributed by atoms with Crippen LogP contribution in [0.3, 0.4) is 0 Å². The van der Waals surface area contributed by atoms with Gasteiger partial charge in [0.25, 0.3) is 0 Å². The van der Waals surface area contributed by atoms with Gasteiger partial charge in [0.15, 0.2) is 0 Å². The summed E-state index contributed by atoms with van der Waals surface area (Å²) in [6.07, 6.45) is 2.26. The molecule has 0 radical (unpaired) electrons. The zero-order valence-corrected chi connectivity index (χ0v) is 7.75. The first kappa shape index (κ1) is 10.3. The summed E-state index contributed by atoms with van der Waals surface area (Å²) in [5.41, 5.74) is 0. The second-order valence-corrected chi connectivity index (χ2v) is 2.96. The fourth-order valence-electron chi connectivity index (χ4n) is 0.678. The molecule has 1 unspecified atom stereocenters. The van der Waals surface area contributed by atoms with Gasteiger partial charge >= 0.3 is 0 Å². The van der Waals surface area contributed by atoms with Crippen LogP contribution in [0.25, 0.3) is 0 Å². The predicted molar refractivity (Wildman–Crippen MR) is 49.6 cm³/mol. The van der Waals surface area contributed by atoms with Crippen LogP contribution in [0.2, 0.25) is 0 Å². The van der Waals surface area contributed by atoms with Gasteiger partial charge in [-0.1, -0.05) is 6.92 Å². The highest BCUT2D eigenvalue weighted by Crippen LogP contribution is 1.93. The van der Waals surface area contributed by atoms with Gasteiger partial charge in [0.2, 0.25) is 0 Å². The first-order valence-corrected chi connectivity index (χ1v) is 4.39. The highest BCUT2D eigenvalue weighted by Gasteiger charge is 1.94. The highest BCUT2D eigenvalue weighted by molar-refractivity contribution is 7.80. The molecule has 3 heteroatoms. The van der Waals surface area contributed by atoms with Gasteiger partial charge in [-0.3, -0.25) is 0 Å². The van der Waals surface area contributed by atoms with Crippen molar-refractivity contribution in [1.29, 1.82) is 0 Å². The van der Waals surface area contributed by atoms with E-state index in [1.165, 1.54) is 6.42 Å². The Hall–Kier alpha value is 0.270. The second kappa shape index (κ2) is 7.38. The first-order chi connectivity index (χ1) is 4.81. The monoisotopic (exact) mass is 162 g/mol. The Morgan fingerprint density at radius 2 is 2.10 bits per heavy atom. The van der Waals surface area contributed by atoms with Crippen molar-refractivity contribution in [3.05, 3.63) is 0 Å². The number of hydrogen-bond acceptors (Lipinski definition) is 3. The maximum atomic E-state index is 4.30. The van der Waals surface area contributed by atoms with E-state index in [1.54, 1.807) is 0 Å². The van der Waals surface area contributed by atoms with Gasteiger partial charge in [0, 0.05) is 5.37 Å². The lowest BCUT2D eigenvalue weighted by atomic mass is 10.4. The minimum absolute atomic E-state index is 0.372. The van der Waals surface area contributed by atoms with E-state index in [2.05, 4.69) is 30.2 Å². The summed E-state index contributed by atoms with van der Waals surface area (Å²) in [5, 5.41) is 6.76. The van der Waals surface area contributed by atoms with Gasteiger partial charge in [-0.25, -0.2) is 0 Å². The molecule has 0 bridgehead atoms. The summed E-state index contributed by atoms with van der Waals surface area (Å²) in [6.45, 7) is 4.27. The molecule has 0 rings (SSSR count). The lowest BCUT2D eigenvalue weighted by Gasteiger charge is -2.09. The third kappa shape index (κ3) is 6.39. The van der Waals surface area contributed by atoms with Crippen LogP contribution in [0.1, 0.15) is 19.8 Å². The average Bonchev–Trinajstić information content (AvgIpc) is 1.98. The van der Waals surface area contributed by atoms with Crippen molar-refractivity contribution < 1.29 is 0 Å². The van der Waals surface area contributed by atoms with Crippen molar-refractivity contribution in [2.75, 3.05) is 20.1 Å². The fraction of sp³-hybridized carbons (Fsp3) is 1.00.